The van der Waals surface area contributed by atoms with Crippen LogP contribution in [0.1, 0.15) is 64.4 Å². The molecule has 2 bridgehead atoms. The van der Waals surface area contributed by atoms with E-state index in [1.54, 1.807) is 4.90 Å². The van der Waals surface area contributed by atoms with Crippen LogP contribution in [0.5, 0.6) is 0 Å². The van der Waals surface area contributed by atoms with Gasteiger partial charge in [-0.15, -0.1) is 0 Å². The van der Waals surface area contributed by atoms with Gasteiger partial charge >= 0.3 is 0 Å². The molecule has 9 heteroatoms. The van der Waals surface area contributed by atoms with Gasteiger partial charge in [-0.05, 0) is 48.8 Å². The van der Waals surface area contributed by atoms with E-state index in [0.717, 1.165) is 58.5 Å². The van der Waals surface area contributed by atoms with Crippen molar-refractivity contribution >= 4 is 23.4 Å². The van der Waals surface area contributed by atoms with E-state index in [1.807, 2.05) is 36.4 Å². The fourth-order valence-electron chi connectivity index (χ4n) is 7.77. The van der Waals surface area contributed by atoms with Crippen molar-refractivity contribution in [3.63, 3.8) is 0 Å². The lowest BCUT2D eigenvalue weighted by Crippen LogP contribution is -2.57. The summed E-state index contributed by atoms with van der Waals surface area (Å²) in [7, 11) is 0. The van der Waals surface area contributed by atoms with Gasteiger partial charge in [0, 0.05) is 37.9 Å². The normalized spacial score (nSPS) is 34.2. The van der Waals surface area contributed by atoms with Gasteiger partial charge in [0.2, 0.25) is 17.7 Å². The maximum atomic E-state index is 14.2. The summed E-state index contributed by atoms with van der Waals surface area (Å²) in [6.07, 6.45) is 8.30. The highest BCUT2D eigenvalue weighted by Gasteiger charge is 2.72. The molecular weight excluding hydrogens is 532 g/mol. The molecule has 4 fully saturated rings. The second-order valence-electron chi connectivity index (χ2n) is 13.2. The van der Waals surface area contributed by atoms with Crippen LogP contribution in [0.4, 0.5) is 5.69 Å². The van der Waals surface area contributed by atoms with Gasteiger partial charge in [0.05, 0.1) is 31.2 Å². The molecule has 4 heterocycles. The first-order chi connectivity index (χ1) is 20.3. The molecule has 3 saturated heterocycles. The Morgan fingerprint density at radius 2 is 1.79 bits per heavy atom. The highest BCUT2D eigenvalue weighted by atomic mass is 16.5. The van der Waals surface area contributed by atoms with Crippen molar-refractivity contribution in [2.75, 3.05) is 44.7 Å². The summed E-state index contributed by atoms with van der Waals surface area (Å²) in [6, 6.07) is 7.14. The smallest absolute Gasteiger partial charge is 0.246 e. The fraction of sp³-hybridized carbons (Fsp3) is 0.667. The average molecular weight is 579 g/mol. The van der Waals surface area contributed by atoms with Gasteiger partial charge in [-0.3, -0.25) is 19.3 Å². The van der Waals surface area contributed by atoms with Crippen LogP contribution in [0.2, 0.25) is 0 Å². The van der Waals surface area contributed by atoms with Crippen LogP contribution in [0.3, 0.4) is 0 Å². The zero-order chi connectivity index (χ0) is 29.4. The Morgan fingerprint density at radius 3 is 2.50 bits per heavy atom. The second kappa shape index (κ2) is 12.1. The second-order valence-corrected chi connectivity index (χ2v) is 13.2. The lowest BCUT2D eigenvalue weighted by Gasteiger charge is -2.36. The number of hydrogen-bond donors (Lipinski definition) is 2. The monoisotopic (exact) mass is 578 g/mol. The highest BCUT2D eigenvalue weighted by molar-refractivity contribution is 6.02. The van der Waals surface area contributed by atoms with E-state index in [9.17, 15) is 14.4 Å². The minimum Gasteiger partial charge on any atom is -0.379 e. The molecule has 228 valence electrons. The molecule has 1 saturated carbocycles. The molecular formula is C33H46N4O5. The molecule has 1 spiro atoms. The number of ether oxygens (including phenoxy) is 2. The quantitative estimate of drug-likeness (QED) is 0.436. The van der Waals surface area contributed by atoms with Crippen LogP contribution in [0.25, 0.3) is 0 Å². The number of anilines is 1. The molecule has 6 rings (SSSR count). The van der Waals surface area contributed by atoms with E-state index in [-0.39, 0.29) is 23.8 Å². The molecule has 42 heavy (non-hydrogen) atoms. The van der Waals surface area contributed by atoms with Crippen LogP contribution < -0.4 is 10.6 Å². The molecule has 4 aliphatic heterocycles. The van der Waals surface area contributed by atoms with Crippen LogP contribution >= 0.6 is 0 Å². The first-order valence-corrected chi connectivity index (χ1v) is 16.0. The van der Waals surface area contributed by atoms with Crippen molar-refractivity contribution in [2.24, 2.45) is 17.8 Å². The molecule has 1 aromatic rings. The number of nitrogens with zero attached hydrogens (tertiary/aromatic N) is 2. The van der Waals surface area contributed by atoms with Gasteiger partial charge in [-0.2, -0.15) is 0 Å². The van der Waals surface area contributed by atoms with E-state index in [4.69, 9.17) is 9.47 Å². The summed E-state index contributed by atoms with van der Waals surface area (Å²) in [5.74, 6) is -1.20. The number of carbonyl (C=O) groups excluding carboxylic acids is 3. The predicted molar refractivity (Wildman–Crippen MR) is 160 cm³/mol. The van der Waals surface area contributed by atoms with Crippen molar-refractivity contribution in [3.05, 3.63) is 42.0 Å². The molecule has 3 amide bonds. The molecule has 5 aliphatic rings. The Labute approximate surface area is 249 Å². The number of fused-ring (bicyclic) bond motifs is 1. The van der Waals surface area contributed by atoms with E-state index >= 15 is 0 Å². The number of rotatable bonds is 9. The Balaban J connectivity index is 1.23. The largest absolute Gasteiger partial charge is 0.379 e. The number of carbonyl (C=O) groups is 3. The number of nitrogens with one attached hydrogen (secondary N) is 2. The summed E-state index contributed by atoms with van der Waals surface area (Å²) in [4.78, 5) is 46.2. The summed E-state index contributed by atoms with van der Waals surface area (Å²) in [6.45, 7) is 10.9. The Kier molecular flexibility index (Phi) is 8.44. The van der Waals surface area contributed by atoms with Gasteiger partial charge in [0.15, 0.2) is 0 Å². The predicted octanol–water partition coefficient (Wildman–Crippen LogP) is 3.32. The molecule has 0 unspecified atom stereocenters. The van der Waals surface area contributed by atoms with Gasteiger partial charge in [-0.1, -0.05) is 57.9 Å². The summed E-state index contributed by atoms with van der Waals surface area (Å²) >= 11 is 0. The van der Waals surface area contributed by atoms with Crippen LogP contribution in [0, 0.1) is 17.8 Å². The van der Waals surface area contributed by atoms with Crippen LogP contribution in [-0.2, 0) is 23.9 Å². The van der Waals surface area contributed by atoms with Gasteiger partial charge in [0.25, 0.3) is 0 Å². The van der Waals surface area contributed by atoms with Crippen molar-refractivity contribution in [1.82, 2.24) is 15.1 Å². The van der Waals surface area contributed by atoms with Gasteiger partial charge in [-0.25, -0.2) is 0 Å². The minimum atomic E-state index is -1.13. The Hall–Kier alpha value is -2.75. The number of hydrogen-bond acceptors (Lipinski definition) is 6. The molecule has 0 aromatic heterocycles. The maximum Gasteiger partial charge on any atom is 0.246 e. The zero-order valence-corrected chi connectivity index (χ0v) is 25.2. The van der Waals surface area contributed by atoms with E-state index in [0.29, 0.717) is 24.1 Å². The number of morpholine rings is 1. The SMILES string of the molecule is CC(C)c1ccc(NC(=O)[C@@H]2[C@@H]3C=C[C@]4(O3)[C@@H]2C(=O)N(CCCN2CCOCC2)[C@H]4C(=O)N[C@@H]2CCCC[C@@H]2C)cc1. The van der Waals surface area contributed by atoms with Crippen molar-refractivity contribution in [3.8, 4) is 0 Å². The van der Waals surface area contributed by atoms with E-state index in [2.05, 4.69) is 36.3 Å². The third kappa shape index (κ3) is 5.40. The first kappa shape index (κ1) is 29.3. The van der Waals surface area contributed by atoms with Crippen molar-refractivity contribution in [2.45, 2.75) is 82.6 Å². The van der Waals surface area contributed by atoms with Crippen molar-refractivity contribution in [1.29, 1.82) is 0 Å². The Morgan fingerprint density at radius 1 is 1.05 bits per heavy atom. The van der Waals surface area contributed by atoms with E-state index in [1.165, 1.54) is 12.0 Å². The van der Waals surface area contributed by atoms with E-state index < -0.39 is 29.6 Å². The van der Waals surface area contributed by atoms with Gasteiger partial charge < -0.3 is 25.0 Å². The number of likely N-dealkylation sites (tertiary alicyclic amines) is 1. The lowest BCUT2D eigenvalue weighted by atomic mass is 9.74. The third-order valence-corrected chi connectivity index (χ3v) is 10.2. The Bertz CT molecular complexity index is 1200. The summed E-state index contributed by atoms with van der Waals surface area (Å²) in [5, 5.41) is 6.35. The fourth-order valence-corrected chi connectivity index (χ4v) is 7.77. The third-order valence-electron chi connectivity index (χ3n) is 10.2. The molecule has 1 aromatic carbocycles. The zero-order valence-electron chi connectivity index (χ0n) is 25.2. The van der Waals surface area contributed by atoms with Crippen molar-refractivity contribution < 1.29 is 23.9 Å². The summed E-state index contributed by atoms with van der Waals surface area (Å²) in [5.41, 5.74) is 0.753. The lowest BCUT2D eigenvalue weighted by molar-refractivity contribution is -0.141. The molecule has 2 N–H and O–H groups in total. The molecule has 1 aliphatic carbocycles. The molecule has 9 nitrogen and oxygen atoms in total. The maximum absolute atomic E-state index is 14.2. The molecule has 7 atom stereocenters. The topological polar surface area (TPSA) is 100 Å². The number of amides is 3. The molecule has 0 radical (unpaired) electrons. The van der Waals surface area contributed by atoms with Gasteiger partial charge in [0.1, 0.15) is 11.6 Å². The standard InChI is InChI=1S/C33H46N4O5/c1-21(2)23-9-11-24(12-10-23)34-30(38)27-26-13-14-33(42-26)28(27)32(40)37(16-6-15-36-17-19-41-20-18-36)29(33)31(39)35-25-8-5-4-7-22(25)3/h9-14,21-22,25-29H,4-8,15-20H2,1-3H3,(H,34,38)(H,35,39)/t22-,25+,26-,27+,28-,29-,33-/m0/s1. The van der Waals surface area contributed by atoms with Crippen LogP contribution in [0.15, 0.2) is 36.4 Å². The van der Waals surface area contributed by atoms with Crippen LogP contribution in [-0.4, -0.2) is 90.7 Å². The summed E-state index contributed by atoms with van der Waals surface area (Å²) < 4.78 is 12.0. The highest BCUT2D eigenvalue weighted by Crippen LogP contribution is 2.55. The average Bonchev–Trinajstić information content (AvgIpc) is 3.62. The first-order valence-electron chi connectivity index (χ1n) is 16.0. The minimum absolute atomic E-state index is 0.0856. The number of benzene rings is 1.